The molecule has 0 aliphatic carbocycles. The molecule has 2 N–H and O–H groups in total. The Kier molecular flexibility index (Phi) is 7.87. The van der Waals surface area contributed by atoms with Crippen LogP contribution in [0, 0.1) is 0 Å². The van der Waals surface area contributed by atoms with E-state index in [0.29, 0.717) is 6.54 Å². The van der Waals surface area contributed by atoms with Crippen molar-refractivity contribution in [3.8, 4) is 0 Å². The van der Waals surface area contributed by atoms with Crippen LogP contribution in [-0.2, 0) is 17.8 Å². The molecule has 0 bridgehead atoms. The van der Waals surface area contributed by atoms with Crippen molar-refractivity contribution < 1.29 is 13.6 Å². The van der Waals surface area contributed by atoms with Crippen LogP contribution >= 0.6 is 36.2 Å². The van der Waals surface area contributed by atoms with Gasteiger partial charge in [-0.1, -0.05) is 0 Å². The van der Waals surface area contributed by atoms with Crippen molar-refractivity contribution in [3.05, 3.63) is 21.9 Å². The summed E-state index contributed by atoms with van der Waals surface area (Å²) in [4.78, 5) is 15.7. The van der Waals surface area contributed by atoms with Crippen LogP contribution in [0.25, 0.3) is 0 Å². The van der Waals surface area contributed by atoms with E-state index in [9.17, 15) is 13.6 Å². The highest BCUT2D eigenvalue weighted by Crippen LogP contribution is 2.26. The van der Waals surface area contributed by atoms with E-state index in [1.54, 1.807) is 11.3 Å². The zero-order valence-corrected chi connectivity index (χ0v) is 15.8. The van der Waals surface area contributed by atoms with Gasteiger partial charge in [0.1, 0.15) is 0 Å². The Morgan fingerprint density at radius 2 is 2.29 bits per heavy atom. The Labute approximate surface area is 157 Å². The predicted molar refractivity (Wildman–Crippen MR) is 96.8 cm³/mol. The summed E-state index contributed by atoms with van der Waals surface area (Å²) >= 11 is 1.80. The first-order chi connectivity index (χ1) is 10.4. The number of thiophene rings is 1. The molecule has 1 amide bonds. The van der Waals surface area contributed by atoms with E-state index >= 15 is 0 Å². The number of hydrogen-bond acceptors (Lipinski definition) is 4. The van der Waals surface area contributed by atoms with Crippen LogP contribution in [0.3, 0.4) is 0 Å². The molecule has 0 spiro atoms. The third-order valence-electron chi connectivity index (χ3n) is 4.46. The number of amides is 1. The second-order valence-electron chi connectivity index (χ2n) is 6.18. The summed E-state index contributed by atoms with van der Waals surface area (Å²) in [5.41, 5.74) is 1.37. The van der Waals surface area contributed by atoms with Gasteiger partial charge >= 0.3 is 0 Å². The average Bonchev–Trinajstić information content (AvgIpc) is 3.09. The molecule has 3 heterocycles. The number of carbonyl (C=O) groups is 1. The number of carbonyl (C=O) groups excluding carboxylic acids is 1. The minimum absolute atomic E-state index is 0. The highest BCUT2D eigenvalue weighted by atomic mass is 35.5. The van der Waals surface area contributed by atoms with Gasteiger partial charge in [0.15, 0.2) is 0 Å². The predicted octanol–water partition coefficient (Wildman–Crippen LogP) is 2.45. The zero-order valence-electron chi connectivity index (χ0n) is 13.4. The number of alkyl halides is 2. The quantitative estimate of drug-likeness (QED) is 0.814. The summed E-state index contributed by atoms with van der Waals surface area (Å²) in [5, 5.41) is 7.51. The van der Waals surface area contributed by atoms with Crippen molar-refractivity contribution in [3.63, 3.8) is 0 Å². The number of hydrogen-bond donors (Lipinski definition) is 2. The van der Waals surface area contributed by atoms with Crippen molar-refractivity contribution in [2.45, 2.75) is 44.3 Å². The van der Waals surface area contributed by atoms with E-state index in [4.69, 9.17) is 0 Å². The van der Waals surface area contributed by atoms with Crippen molar-refractivity contribution in [2.75, 3.05) is 19.6 Å². The van der Waals surface area contributed by atoms with Crippen LogP contribution in [0.1, 0.15) is 23.8 Å². The van der Waals surface area contributed by atoms with Gasteiger partial charge in [0.05, 0.1) is 12.6 Å². The van der Waals surface area contributed by atoms with Crippen molar-refractivity contribution >= 4 is 42.1 Å². The highest BCUT2D eigenvalue weighted by Gasteiger charge is 2.42. The van der Waals surface area contributed by atoms with E-state index in [0.717, 1.165) is 19.5 Å². The van der Waals surface area contributed by atoms with Gasteiger partial charge < -0.3 is 5.32 Å². The van der Waals surface area contributed by atoms with Gasteiger partial charge in [-0.15, -0.1) is 36.2 Å². The maximum atomic E-state index is 13.1. The SMILES string of the molecule is CC(CNC(=O)C1CC(F)(F)CN1)N1CCc2sccc2C1.Cl.Cl. The van der Waals surface area contributed by atoms with Crippen LogP contribution in [0.4, 0.5) is 8.78 Å². The van der Waals surface area contributed by atoms with Gasteiger partial charge in [0.2, 0.25) is 5.91 Å². The Morgan fingerprint density at radius 3 is 2.96 bits per heavy atom. The minimum Gasteiger partial charge on any atom is -0.353 e. The van der Waals surface area contributed by atoms with E-state index < -0.39 is 24.9 Å². The number of nitrogens with zero attached hydrogens (tertiary/aromatic N) is 1. The Balaban J connectivity index is 0.00000144. The van der Waals surface area contributed by atoms with Crippen molar-refractivity contribution in [1.29, 1.82) is 0 Å². The fourth-order valence-corrected chi connectivity index (χ4v) is 3.94. The number of nitrogens with one attached hydrogen (secondary N) is 2. The molecule has 3 rings (SSSR count). The van der Waals surface area contributed by atoms with Gasteiger partial charge in [-0.3, -0.25) is 15.0 Å². The number of halogens is 4. The fraction of sp³-hybridized carbons (Fsp3) is 0.667. The first kappa shape index (κ1) is 21.6. The first-order valence-electron chi connectivity index (χ1n) is 7.63. The van der Waals surface area contributed by atoms with Crippen molar-refractivity contribution in [1.82, 2.24) is 15.5 Å². The Hall–Kier alpha value is -0.470. The van der Waals surface area contributed by atoms with Crippen LogP contribution in [0.2, 0.25) is 0 Å². The topological polar surface area (TPSA) is 44.4 Å². The molecule has 0 aromatic carbocycles. The van der Waals surface area contributed by atoms with Gasteiger partial charge in [-0.25, -0.2) is 8.78 Å². The third-order valence-corrected chi connectivity index (χ3v) is 5.48. The third kappa shape index (κ3) is 5.02. The monoisotopic (exact) mass is 401 g/mol. The van der Waals surface area contributed by atoms with Crippen LogP contribution in [0.5, 0.6) is 0 Å². The molecule has 1 aromatic rings. The summed E-state index contributed by atoms with van der Waals surface area (Å²) in [6.45, 7) is 4.02. The van der Waals surface area contributed by atoms with Crippen molar-refractivity contribution in [2.24, 2.45) is 0 Å². The molecule has 2 aliphatic rings. The lowest BCUT2D eigenvalue weighted by Crippen LogP contribution is -2.47. The summed E-state index contributed by atoms with van der Waals surface area (Å²) in [5.74, 6) is -3.09. The molecule has 9 heteroatoms. The molecular weight excluding hydrogens is 379 g/mol. The van der Waals surface area contributed by atoms with Crippen LogP contribution in [0.15, 0.2) is 11.4 Å². The molecular formula is C15H23Cl2F2N3OS. The summed E-state index contributed by atoms with van der Waals surface area (Å²) in [6.07, 6.45) is 0.636. The largest absolute Gasteiger partial charge is 0.353 e. The van der Waals surface area contributed by atoms with E-state index in [1.165, 1.54) is 10.4 Å². The molecule has 0 radical (unpaired) electrons. The van der Waals surface area contributed by atoms with Crippen LogP contribution in [-0.4, -0.2) is 48.4 Å². The van der Waals surface area contributed by atoms with Gasteiger partial charge in [-0.2, -0.15) is 0 Å². The van der Waals surface area contributed by atoms with Gasteiger partial charge in [0, 0.05) is 37.0 Å². The minimum atomic E-state index is -2.77. The lowest BCUT2D eigenvalue weighted by Gasteiger charge is -2.32. The summed E-state index contributed by atoms with van der Waals surface area (Å²) < 4.78 is 26.2. The van der Waals surface area contributed by atoms with E-state index in [1.807, 2.05) is 0 Å². The zero-order chi connectivity index (χ0) is 15.7. The molecule has 138 valence electrons. The van der Waals surface area contributed by atoms with E-state index in [2.05, 4.69) is 33.9 Å². The number of fused-ring (bicyclic) bond motifs is 1. The van der Waals surface area contributed by atoms with E-state index in [-0.39, 0.29) is 36.8 Å². The van der Waals surface area contributed by atoms with Gasteiger partial charge in [-0.05, 0) is 30.4 Å². The smallest absolute Gasteiger partial charge is 0.262 e. The standard InChI is InChI=1S/C15H21F2N3OS.2ClH/c1-10(20-4-2-13-11(8-20)3-5-22-13)7-18-14(21)12-6-15(16,17)9-19-12;;/h3,5,10,12,19H,2,4,6-9H2,1H3,(H,18,21);2*1H. The van der Waals surface area contributed by atoms with Gasteiger partial charge in [0.25, 0.3) is 5.92 Å². The molecule has 1 aromatic heterocycles. The maximum Gasteiger partial charge on any atom is 0.262 e. The summed E-state index contributed by atoms with van der Waals surface area (Å²) in [6, 6.07) is 1.58. The van der Waals surface area contributed by atoms with Crippen LogP contribution < -0.4 is 10.6 Å². The molecule has 1 saturated heterocycles. The second-order valence-corrected chi connectivity index (χ2v) is 7.18. The molecule has 2 atom stereocenters. The molecule has 2 aliphatic heterocycles. The Morgan fingerprint density at radius 1 is 1.54 bits per heavy atom. The molecule has 1 fully saturated rings. The maximum absolute atomic E-state index is 13.1. The lowest BCUT2D eigenvalue weighted by atomic mass is 10.1. The molecule has 4 nitrogen and oxygen atoms in total. The highest BCUT2D eigenvalue weighted by molar-refractivity contribution is 7.10. The Bertz CT molecular complexity index is 559. The fourth-order valence-electron chi connectivity index (χ4n) is 3.05. The first-order valence-corrected chi connectivity index (χ1v) is 8.51. The molecule has 2 unspecified atom stereocenters. The molecule has 0 saturated carbocycles. The normalized spacial score (nSPS) is 23.5. The second kappa shape index (κ2) is 8.76. The molecule has 24 heavy (non-hydrogen) atoms. The number of rotatable bonds is 4. The lowest BCUT2D eigenvalue weighted by molar-refractivity contribution is -0.123. The average molecular weight is 402 g/mol. The summed E-state index contributed by atoms with van der Waals surface area (Å²) in [7, 11) is 0.